The van der Waals surface area contributed by atoms with Gasteiger partial charge in [0.25, 0.3) is 0 Å². The van der Waals surface area contributed by atoms with E-state index in [2.05, 4.69) is 182 Å². The van der Waals surface area contributed by atoms with E-state index < -0.39 is 0 Å². The molecule has 0 unspecified atom stereocenters. The van der Waals surface area contributed by atoms with E-state index in [4.69, 9.17) is 4.98 Å². The number of hydrogen-bond donors (Lipinski definition) is 0. The fourth-order valence-corrected chi connectivity index (χ4v) is 9.67. The van der Waals surface area contributed by atoms with Crippen LogP contribution in [-0.4, -0.2) is 9.55 Å². The average molecular weight is 871 g/mol. The Labute approximate surface area is 396 Å². The van der Waals surface area contributed by atoms with E-state index in [-0.39, 0.29) is 16.6 Å². The molecule has 0 spiro atoms. The van der Waals surface area contributed by atoms with Gasteiger partial charge in [-0.3, -0.25) is 4.57 Å². The SMILES string of the molecule is CC1(C)CC(/C=C/c2ccc(-c3ccc(-n4c(-c5ccc(-c6ccc7c(c6)C(=C(C#N)C#N)c6ccccc6-7)cc5)nc(-c5ccccc5)c4-c4ccccc4)cc3)cc2)=CC(=C(C#N)C#N)C1. The van der Waals surface area contributed by atoms with Gasteiger partial charge in [0.05, 0.1) is 11.4 Å². The summed E-state index contributed by atoms with van der Waals surface area (Å²) in [5.74, 6) is 0.802. The number of hydrogen-bond acceptors (Lipinski definition) is 5. The van der Waals surface area contributed by atoms with Crippen LogP contribution in [0.5, 0.6) is 0 Å². The second-order valence-corrected chi connectivity index (χ2v) is 17.9. The molecule has 68 heavy (non-hydrogen) atoms. The van der Waals surface area contributed by atoms with Crippen LogP contribution in [0.15, 0.2) is 210 Å². The molecule has 0 radical (unpaired) electrons. The Morgan fingerprint density at radius 3 is 1.68 bits per heavy atom. The van der Waals surface area contributed by atoms with E-state index in [1.807, 2.05) is 54.6 Å². The smallest absolute Gasteiger partial charge is 0.145 e. The van der Waals surface area contributed by atoms with E-state index in [1.54, 1.807) is 0 Å². The first-order valence-electron chi connectivity index (χ1n) is 22.5. The molecule has 0 amide bonds. The van der Waals surface area contributed by atoms with E-state index >= 15 is 0 Å². The number of allylic oxidation sites excluding steroid dienone is 6. The topological polar surface area (TPSA) is 113 Å². The maximum Gasteiger partial charge on any atom is 0.145 e. The summed E-state index contributed by atoms with van der Waals surface area (Å²) in [7, 11) is 0. The molecule has 2 aliphatic carbocycles. The van der Waals surface area contributed by atoms with Crippen LogP contribution in [0.1, 0.15) is 43.4 Å². The van der Waals surface area contributed by atoms with Gasteiger partial charge in [0.15, 0.2) is 0 Å². The lowest BCUT2D eigenvalue weighted by Crippen LogP contribution is -2.17. The van der Waals surface area contributed by atoms with Crippen molar-refractivity contribution in [1.29, 1.82) is 21.0 Å². The molecule has 6 nitrogen and oxygen atoms in total. The maximum atomic E-state index is 9.94. The fourth-order valence-electron chi connectivity index (χ4n) is 9.67. The molecule has 2 aliphatic rings. The zero-order valence-electron chi connectivity index (χ0n) is 37.6. The summed E-state index contributed by atoms with van der Waals surface area (Å²) in [4.78, 5) is 5.45. The summed E-state index contributed by atoms with van der Waals surface area (Å²) in [6.07, 6.45) is 7.77. The third-order valence-corrected chi connectivity index (χ3v) is 12.8. The Hall–Kier alpha value is -9.33. The standard InChI is InChI=1S/C62H42N6/c1-62(2)35-42(33-50(36-62)51(37-63)38-64)18-17-41-19-21-43(22-20-41)44-27-30-53(31-28-44)68-60(47-13-7-4-8-14-47)59(46-11-5-3-6-12-46)67-61(68)48-25-23-45(24-26-48)49-29-32-55-54-15-9-10-16-56(54)58(57(55)34-49)52(39-65)40-66/h3-34H,35-36H2,1-2H3/b18-17+. The maximum absolute atomic E-state index is 9.94. The fraction of sp³-hybridized carbons (Fsp3) is 0.0806. The van der Waals surface area contributed by atoms with Gasteiger partial charge in [-0.1, -0.05) is 190 Å². The molecule has 8 aromatic rings. The highest BCUT2D eigenvalue weighted by atomic mass is 15.1. The van der Waals surface area contributed by atoms with Crippen molar-refractivity contribution >= 4 is 11.6 Å². The van der Waals surface area contributed by atoms with Gasteiger partial charge in [-0.15, -0.1) is 0 Å². The van der Waals surface area contributed by atoms with Crippen molar-refractivity contribution in [3.63, 3.8) is 0 Å². The van der Waals surface area contributed by atoms with E-state index in [0.717, 1.165) is 107 Å². The van der Waals surface area contributed by atoms with Gasteiger partial charge in [0.2, 0.25) is 0 Å². The Kier molecular flexibility index (Phi) is 11.2. The van der Waals surface area contributed by atoms with E-state index in [9.17, 15) is 21.0 Å². The highest BCUT2D eigenvalue weighted by Gasteiger charge is 2.28. The minimum absolute atomic E-state index is 0.0440. The molecule has 320 valence electrons. The van der Waals surface area contributed by atoms with Crippen molar-refractivity contribution in [3.8, 4) is 97.2 Å². The minimum Gasteiger partial charge on any atom is -0.292 e. The Morgan fingerprint density at radius 1 is 0.500 bits per heavy atom. The molecule has 10 rings (SSSR count). The molecule has 1 aromatic heterocycles. The van der Waals surface area contributed by atoms with Crippen molar-refractivity contribution in [1.82, 2.24) is 9.55 Å². The Balaban J connectivity index is 1.01. The molecule has 0 fully saturated rings. The summed E-state index contributed by atoms with van der Waals surface area (Å²) >= 11 is 0. The van der Waals surface area contributed by atoms with Gasteiger partial charge in [-0.25, -0.2) is 4.98 Å². The van der Waals surface area contributed by atoms with Gasteiger partial charge in [0, 0.05) is 28.0 Å². The predicted octanol–water partition coefficient (Wildman–Crippen LogP) is 15.1. The molecule has 6 heteroatoms. The van der Waals surface area contributed by atoms with Crippen LogP contribution < -0.4 is 0 Å². The largest absolute Gasteiger partial charge is 0.292 e. The van der Waals surface area contributed by atoms with Crippen LogP contribution in [-0.2, 0) is 0 Å². The van der Waals surface area contributed by atoms with Crippen LogP contribution in [0.2, 0.25) is 0 Å². The molecule has 7 aromatic carbocycles. The van der Waals surface area contributed by atoms with Gasteiger partial charge in [-0.05, 0) is 97.7 Å². The molecule has 0 saturated carbocycles. The molecular formula is C62H42N6. The third kappa shape index (κ3) is 8.05. The van der Waals surface area contributed by atoms with Crippen LogP contribution in [0.25, 0.3) is 84.6 Å². The summed E-state index contributed by atoms with van der Waals surface area (Å²) in [5.41, 5.74) is 17.7. The lowest BCUT2D eigenvalue weighted by Gasteiger charge is -2.30. The molecular weight excluding hydrogens is 829 g/mol. The highest BCUT2D eigenvalue weighted by Crippen LogP contribution is 2.47. The summed E-state index contributed by atoms with van der Waals surface area (Å²) in [6, 6.07) is 69.0. The predicted molar refractivity (Wildman–Crippen MR) is 272 cm³/mol. The number of aromatic nitrogens is 2. The number of nitrogens with zero attached hydrogens (tertiary/aromatic N) is 6. The quantitative estimate of drug-likeness (QED) is 0.141. The minimum atomic E-state index is -0.0440. The molecule has 0 bridgehead atoms. The zero-order chi connectivity index (χ0) is 46.8. The van der Waals surface area contributed by atoms with Crippen LogP contribution in [0, 0.1) is 50.7 Å². The first kappa shape index (κ1) is 42.6. The molecule has 0 saturated heterocycles. The van der Waals surface area contributed by atoms with Crippen LogP contribution >= 0.6 is 0 Å². The van der Waals surface area contributed by atoms with Crippen molar-refractivity contribution in [2.75, 3.05) is 0 Å². The van der Waals surface area contributed by atoms with Crippen molar-refractivity contribution in [3.05, 3.63) is 227 Å². The lowest BCUT2D eigenvalue weighted by molar-refractivity contribution is 0.354. The third-order valence-electron chi connectivity index (χ3n) is 12.8. The Morgan fingerprint density at radius 2 is 1.03 bits per heavy atom. The second-order valence-electron chi connectivity index (χ2n) is 17.9. The summed E-state index contributed by atoms with van der Waals surface area (Å²) in [6.45, 7) is 4.35. The summed E-state index contributed by atoms with van der Waals surface area (Å²) in [5, 5.41) is 38.9. The zero-order valence-corrected chi connectivity index (χ0v) is 37.6. The molecule has 0 N–H and O–H groups in total. The summed E-state index contributed by atoms with van der Waals surface area (Å²) < 4.78 is 2.26. The van der Waals surface area contributed by atoms with E-state index in [0.29, 0.717) is 12.0 Å². The Bertz CT molecular complexity index is 3540. The number of imidazole rings is 1. The van der Waals surface area contributed by atoms with Crippen molar-refractivity contribution in [2.45, 2.75) is 26.7 Å². The first-order chi connectivity index (χ1) is 33.2. The normalized spacial score (nSPS) is 13.4. The monoisotopic (exact) mass is 870 g/mol. The number of benzene rings is 7. The van der Waals surface area contributed by atoms with Gasteiger partial charge in [-0.2, -0.15) is 21.0 Å². The van der Waals surface area contributed by atoms with Gasteiger partial charge < -0.3 is 0 Å². The number of rotatable bonds is 8. The van der Waals surface area contributed by atoms with Crippen LogP contribution in [0.3, 0.4) is 0 Å². The number of fused-ring (bicyclic) bond motifs is 3. The molecule has 0 aliphatic heterocycles. The number of nitriles is 4. The van der Waals surface area contributed by atoms with Crippen LogP contribution in [0.4, 0.5) is 0 Å². The first-order valence-corrected chi connectivity index (χ1v) is 22.5. The molecule has 1 heterocycles. The van der Waals surface area contributed by atoms with E-state index in [1.165, 1.54) is 0 Å². The van der Waals surface area contributed by atoms with Crippen molar-refractivity contribution < 1.29 is 0 Å². The average Bonchev–Trinajstić information content (AvgIpc) is 3.94. The van der Waals surface area contributed by atoms with Crippen molar-refractivity contribution in [2.24, 2.45) is 5.41 Å². The highest BCUT2D eigenvalue weighted by molar-refractivity contribution is 6.05. The lowest BCUT2D eigenvalue weighted by atomic mass is 9.74. The second kappa shape index (κ2) is 17.9. The van der Waals surface area contributed by atoms with Gasteiger partial charge in [0.1, 0.15) is 41.2 Å². The van der Waals surface area contributed by atoms with Gasteiger partial charge >= 0.3 is 0 Å². The molecule has 0 atom stereocenters.